The third kappa shape index (κ3) is 2.28. The van der Waals surface area contributed by atoms with E-state index >= 15 is 0 Å². The average molecular weight is 213 g/mol. The lowest BCUT2D eigenvalue weighted by Gasteiger charge is -2.27. The predicted molar refractivity (Wildman–Crippen MR) is 49.4 cm³/mol. The van der Waals surface area contributed by atoms with Crippen molar-refractivity contribution in [2.24, 2.45) is 5.41 Å². The summed E-state index contributed by atoms with van der Waals surface area (Å²) in [5.74, 6) is -2.80. The van der Waals surface area contributed by atoms with Crippen molar-refractivity contribution in [1.29, 1.82) is 0 Å². The molecular formula is C9H11NO5. The van der Waals surface area contributed by atoms with Crippen molar-refractivity contribution in [3.05, 3.63) is 24.6 Å². The summed E-state index contributed by atoms with van der Waals surface area (Å²) >= 11 is 0. The number of carboxylic acids is 2. The largest absolute Gasteiger partial charge is 0.480 e. The van der Waals surface area contributed by atoms with Gasteiger partial charge in [0.15, 0.2) is 5.41 Å². The number of hydrogen-bond donors (Lipinski definition) is 2. The van der Waals surface area contributed by atoms with Crippen LogP contribution in [0.1, 0.15) is 6.92 Å². The van der Waals surface area contributed by atoms with Crippen molar-refractivity contribution >= 4 is 11.9 Å². The molecule has 6 heteroatoms. The Kier molecular flexibility index (Phi) is 2.99. The van der Waals surface area contributed by atoms with Gasteiger partial charge in [-0.2, -0.15) is 0 Å². The molecule has 82 valence electrons. The Hall–Kier alpha value is -1.98. The summed E-state index contributed by atoms with van der Waals surface area (Å²) in [7, 11) is 0. The quantitative estimate of drug-likeness (QED) is 0.659. The maximum Gasteiger partial charge on any atom is 0.322 e. The van der Waals surface area contributed by atoms with Crippen LogP contribution in [0.2, 0.25) is 0 Å². The summed E-state index contributed by atoms with van der Waals surface area (Å²) in [5.41, 5.74) is -1.89. The molecule has 0 radical (unpaired) electrons. The highest BCUT2D eigenvalue weighted by molar-refractivity contribution is 5.98. The molecule has 0 saturated carbocycles. The second kappa shape index (κ2) is 4.04. The van der Waals surface area contributed by atoms with E-state index in [0.717, 1.165) is 12.0 Å². The first-order valence-corrected chi connectivity index (χ1v) is 4.20. The standard InChI is InChI=1S/C9H11NO5/c1-9(7(11)12,8(13)14)6-10-4-2-3-5-15-10/h2-5H,6H2,1H3,(H,11,12)(H,13,14). The second-order valence-electron chi connectivity index (χ2n) is 3.29. The molecule has 0 amide bonds. The SMILES string of the molecule is CC(CN1C=CC=CO1)(C(=O)O)C(=O)O. The lowest BCUT2D eigenvalue weighted by atomic mass is 9.91. The van der Waals surface area contributed by atoms with Gasteiger partial charge in [0.1, 0.15) is 6.26 Å². The van der Waals surface area contributed by atoms with Crippen molar-refractivity contribution in [3.63, 3.8) is 0 Å². The van der Waals surface area contributed by atoms with Gasteiger partial charge in [0.05, 0.1) is 6.54 Å². The van der Waals surface area contributed by atoms with Crippen LogP contribution in [0, 0.1) is 5.41 Å². The molecule has 0 aliphatic carbocycles. The van der Waals surface area contributed by atoms with Crippen molar-refractivity contribution < 1.29 is 24.6 Å². The van der Waals surface area contributed by atoms with E-state index in [2.05, 4.69) is 0 Å². The Balaban J connectivity index is 2.76. The molecule has 0 spiro atoms. The van der Waals surface area contributed by atoms with Gasteiger partial charge in [-0.25, -0.2) is 5.06 Å². The maximum absolute atomic E-state index is 10.8. The van der Waals surface area contributed by atoms with Gasteiger partial charge >= 0.3 is 11.9 Å². The van der Waals surface area contributed by atoms with Gasteiger partial charge < -0.3 is 15.1 Å². The molecule has 0 atom stereocenters. The molecule has 1 rings (SSSR count). The molecule has 0 bridgehead atoms. The molecular weight excluding hydrogens is 202 g/mol. The molecule has 1 heterocycles. The Bertz CT molecular complexity index is 319. The van der Waals surface area contributed by atoms with Crippen LogP contribution in [-0.2, 0) is 14.4 Å². The number of hydroxylamine groups is 2. The summed E-state index contributed by atoms with van der Waals surface area (Å²) < 4.78 is 0. The first-order chi connectivity index (χ1) is 6.97. The van der Waals surface area contributed by atoms with Gasteiger partial charge in [-0.1, -0.05) is 0 Å². The van der Waals surface area contributed by atoms with Crippen molar-refractivity contribution in [2.45, 2.75) is 6.92 Å². The zero-order chi connectivity index (χ0) is 11.5. The normalized spacial score (nSPS) is 14.9. The number of hydrogen-bond acceptors (Lipinski definition) is 4. The average Bonchev–Trinajstić information content (AvgIpc) is 2.18. The minimum atomic E-state index is -1.89. The summed E-state index contributed by atoms with van der Waals surface area (Å²) in [6, 6.07) is 0. The van der Waals surface area contributed by atoms with Gasteiger partial charge in [0.25, 0.3) is 0 Å². The molecule has 1 aliphatic rings. The summed E-state index contributed by atoms with van der Waals surface area (Å²) in [5, 5.41) is 18.8. The fourth-order valence-electron chi connectivity index (χ4n) is 0.968. The first-order valence-electron chi connectivity index (χ1n) is 4.20. The summed E-state index contributed by atoms with van der Waals surface area (Å²) in [6.07, 6.45) is 6.03. The highest BCUT2D eigenvalue weighted by Crippen LogP contribution is 2.20. The molecule has 0 saturated heterocycles. The van der Waals surface area contributed by atoms with Crippen LogP contribution < -0.4 is 0 Å². The van der Waals surface area contributed by atoms with Gasteiger partial charge in [-0.3, -0.25) is 9.59 Å². The minimum absolute atomic E-state index is 0.265. The van der Waals surface area contributed by atoms with E-state index in [1.165, 1.54) is 12.5 Å². The maximum atomic E-state index is 10.8. The lowest BCUT2D eigenvalue weighted by molar-refractivity contribution is -0.171. The second-order valence-corrected chi connectivity index (χ2v) is 3.29. The fraction of sp³-hybridized carbons (Fsp3) is 0.333. The molecule has 0 fully saturated rings. The van der Waals surface area contributed by atoms with Crippen LogP contribution in [0.4, 0.5) is 0 Å². The van der Waals surface area contributed by atoms with E-state index in [0.29, 0.717) is 0 Å². The Morgan fingerprint density at radius 2 is 1.93 bits per heavy atom. The lowest BCUT2D eigenvalue weighted by Crippen LogP contribution is -2.45. The van der Waals surface area contributed by atoms with E-state index in [-0.39, 0.29) is 6.54 Å². The van der Waals surface area contributed by atoms with Gasteiger partial charge in [0, 0.05) is 6.20 Å². The number of carboxylic acid groups (broad SMARTS) is 2. The molecule has 0 aromatic heterocycles. The third-order valence-corrected chi connectivity index (χ3v) is 2.05. The van der Waals surface area contributed by atoms with E-state index < -0.39 is 17.4 Å². The van der Waals surface area contributed by atoms with Crippen molar-refractivity contribution in [2.75, 3.05) is 6.54 Å². The molecule has 6 nitrogen and oxygen atoms in total. The van der Waals surface area contributed by atoms with Crippen molar-refractivity contribution in [1.82, 2.24) is 5.06 Å². The number of rotatable bonds is 4. The first kappa shape index (κ1) is 11.1. The van der Waals surface area contributed by atoms with Gasteiger partial charge in [-0.15, -0.1) is 0 Å². The Labute approximate surface area is 86.0 Å². The molecule has 0 unspecified atom stereocenters. The van der Waals surface area contributed by atoms with Gasteiger partial charge in [0.2, 0.25) is 0 Å². The topological polar surface area (TPSA) is 87.1 Å². The van der Waals surface area contributed by atoms with Crippen LogP contribution >= 0.6 is 0 Å². The smallest absolute Gasteiger partial charge is 0.322 e. The zero-order valence-corrected chi connectivity index (χ0v) is 8.08. The molecule has 0 aromatic carbocycles. The van der Waals surface area contributed by atoms with E-state index in [1.807, 2.05) is 0 Å². The van der Waals surface area contributed by atoms with E-state index in [1.54, 1.807) is 12.2 Å². The van der Waals surface area contributed by atoms with Crippen LogP contribution in [-0.4, -0.2) is 33.8 Å². The highest BCUT2D eigenvalue weighted by Gasteiger charge is 2.43. The summed E-state index contributed by atoms with van der Waals surface area (Å²) in [4.78, 5) is 26.6. The van der Waals surface area contributed by atoms with Gasteiger partial charge in [-0.05, 0) is 19.1 Å². The highest BCUT2D eigenvalue weighted by atomic mass is 16.7. The number of nitrogens with zero attached hydrogens (tertiary/aromatic N) is 1. The Morgan fingerprint density at radius 3 is 2.33 bits per heavy atom. The van der Waals surface area contributed by atoms with Crippen LogP contribution in [0.15, 0.2) is 24.6 Å². The monoisotopic (exact) mass is 213 g/mol. The molecule has 1 aliphatic heterocycles. The predicted octanol–water partition coefficient (Wildman–Crippen LogP) is 0.436. The Morgan fingerprint density at radius 1 is 1.33 bits per heavy atom. The number of carbonyl (C=O) groups is 2. The summed E-state index contributed by atoms with van der Waals surface area (Å²) in [6.45, 7) is 0.867. The van der Waals surface area contributed by atoms with Crippen LogP contribution in [0.5, 0.6) is 0 Å². The molecule has 2 N–H and O–H groups in total. The number of allylic oxidation sites excluding steroid dienone is 2. The van der Waals surface area contributed by atoms with Crippen LogP contribution in [0.3, 0.4) is 0 Å². The van der Waals surface area contributed by atoms with Crippen molar-refractivity contribution in [3.8, 4) is 0 Å². The van der Waals surface area contributed by atoms with Crippen LogP contribution in [0.25, 0.3) is 0 Å². The van der Waals surface area contributed by atoms with E-state index in [9.17, 15) is 9.59 Å². The fourth-order valence-corrected chi connectivity index (χ4v) is 0.968. The third-order valence-electron chi connectivity index (χ3n) is 2.05. The zero-order valence-electron chi connectivity index (χ0n) is 8.08. The van der Waals surface area contributed by atoms with E-state index in [4.69, 9.17) is 15.1 Å². The minimum Gasteiger partial charge on any atom is -0.480 e. The molecule has 15 heavy (non-hydrogen) atoms. The molecule has 0 aromatic rings. The number of aliphatic carboxylic acids is 2.